The van der Waals surface area contributed by atoms with Crippen molar-refractivity contribution in [2.75, 3.05) is 0 Å². The van der Waals surface area contributed by atoms with Crippen molar-refractivity contribution in [1.29, 1.82) is 5.26 Å². The van der Waals surface area contributed by atoms with Crippen molar-refractivity contribution in [3.63, 3.8) is 0 Å². The maximum Gasteiger partial charge on any atom is 0.141 e. The van der Waals surface area contributed by atoms with E-state index < -0.39 is 0 Å². The molecule has 2 nitrogen and oxygen atoms in total. The van der Waals surface area contributed by atoms with Gasteiger partial charge in [-0.25, -0.2) is 4.98 Å². The van der Waals surface area contributed by atoms with Gasteiger partial charge in [-0.15, -0.1) is 0 Å². The fourth-order valence-corrected chi connectivity index (χ4v) is 2.53. The minimum Gasteiger partial charge on any atom is -0.230 e. The quantitative estimate of drug-likeness (QED) is 0.842. The molecular weight excluding hydrogens is 284 g/mol. The van der Waals surface area contributed by atoms with Crippen LogP contribution in [0, 0.1) is 11.3 Å². The molecule has 0 fully saturated rings. The molecule has 2 aromatic rings. The summed E-state index contributed by atoms with van der Waals surface area (Å²) in [5.74, 6) is 0. The van der Waals surface area contributed by atoms with Crippen LogP contribution >= 0.6 is 27.7 Å². The van der Waals surface area contributed by atoms with Crippen molar-refractivity contribution < 1.29 is 0 Å². The van der Waals surface area contributed by atoms with E-state index in [1.807, 2.05) is 42.5 Å². The molecular formula is C12H7BrN2S. The van der Waals surface area contributed by atoms with Crippen LogP contribution < -0.4 is 0 Å². The molecule has 0 aliphatic rings. The molecule has 1 aromatic heterocycles. The molecule has 2 rings (SSSR count). The molecule has 1 aromatic carbocycles. The lowest BCUT2D eigenvalue weighted by Gasteiger charge is -2.02. The summed E-state index contributed by atoms with van der Waals surface area (Å²) in [6.45, 7) is 0. The summed E-state index contributed by atoms with van der Waals surface area (Å²) in [7, 11) is 0. The van der Waals surface area contributed by atoms with Gasteiger partial charge in [0, 0.05) is 9.37 Å². The van der Waals surface area contributed by atoms with Gasteiger partial charge in [0.1, 0.15) is 16.8 Å². The minimum atomic E-state index is 0.442. The van der Waals surface area contributed by atoms with Crippen molar-refractivity contribution in [3.05, 3.63) is 52.6 Å². The standard InChI is InChI=1S/C12H7BrN2S/c13-10-5-1-2-6-11(10)16-12-7-3-4-9(8-14)15-12/h1-7H. The summed E-state index contributed by atoms with van der Waals surface area (Å²) in [6.07, 6.45) is 0. The molecule has 0 amide bonds. The topological polar surface area (TPSA) is 36.7 Å². The number of aromatic nitrogens is 1. The SMILES string of the molecule is N#Cc1cccc(Sc2ccccc2Br)n1. The van der Waals surface area contributed by atoms with Gasteiger partial charge in [0.25, 0.3) is 0 Å². The molecule has 4 heteroatoms. The Kier molecular flexibility index (Phi) is 3.60. The highest BCUT2D eigenvalue weighted by Gasteiger charge is 2.03. The van der Waals surface area contributed by atoms with Gasteiger partial charge in [-0.1, -0.05) is 30.0 Å². The summed E-state index contributed by atoms with van der Waals surface area (Å²) in [5, 5.41) is 9.58. The average Bonchev–Trinajstić information content (AvgIpc) is 2.32. The number of hydrogen-bond donors (Lipinski definition) is 0. The maximum atomic E-state index is 8.75. The summed E-state index contributed by atoms with van der Waals surface area (Å²) in [5.41, 5.74) is 0.442. The highest BCUT2D eigenvalue weighted by Crippen LogP contribution is 2.31. The molecule has 0 atom stereocenters. The van der Waals surface area contributed by atoms with Crippen LogP contribution in [0.3, 0.4) is 0 Å². The van der Waals surface area contributed by atoms with E-state index in [-0.39, 0.29) is 0 Å². The average molecular weight is 291 g/mol. The molecule has 16 heavy (non-hydrogen) atoms. The fourth-order valence-electron chi connectivity index (χ4n) is 1.17. The number of pyridine rings is 1. The third-order valence-corrected chi connectivity index (χ3v) is 3.86. The summed E-state index contributed by atoms with van der Waals surface area (Å²) in [6, 6.07) is 15.4. The van der Waals surface area contributed by atoms with Gasteiger partial charge < -0.3 is 0 Å². The van der Waals surface area contributed by atoms with Crippen LogP contribution in [-0.4, -0.2) is 4.98 Å². The number of nitrogens with zero attached hydrogens (tertiary/aromatic N) is 2. The monoisotopic (exact) mass is 290 g/mol. The molecule has 78 valence electrons. The zero-order chi connectivity index (χ0) is 11.4. The Hall–Kier alpha value is -1.31. The van der Waals surface area contributed by atoms with Gasteiger partial charge in [0.05, 0.1) is 0 Å². The van der Waals surface area contributed by atoms with E-state index in [4.69, 9.17) is 5.26 Å². The lowest BCUT2D eigenvalue weighted by atomic mass is 10.4. The van der Waals surface area contributed by atoms with Crippen molar-refractivity contribution >= 4 is 27.7 Å². The van der Waals surface area contributed by atoms with E-state index in [1.165, 1.54) is 11.8 Å². The fraction of sp³-hybridized carbons (Fsp3) is 0. The molecule has 1 heterocycles. The lowest BCUT2D eigenvalue weighted by Crippen LogP contribution is -1.84. The first-order valence-corrected chi connectivity index (χ1v) is 6.20. The smallest absolute Gasteiger partial charge is 0.141 e. The molecule has 0 radical (unpaired) electrons. The molecule has 0 unspecified atom stereocenters. The Bertz CT molecular complexity index is 549. The van der Waals surface area contributed by atoms with Crippen molar-refractivity contribution in [2.24, 2.45) is 0 Å². The largest absolute Gasteiger partial charge is 0.230 e. The number of rotatable bonds is 2. The molecule has 0 spiro atoms. The molecule has 0 bridgehead atoms. The number of halogens is 1. The number of benzene rings is 1. The van der Waals surface area contributed by atoms with Crippen LogP contribution in [0.15, 0.2) is 56.9 Å². The van der Waals surface area contributed by atoms with E-state index in [2.05, 4.69) is 20.9 Å². The predicted octanol–water partition coefficient (Wildman–Crippen LogP) is 3.87. The normalized spacial score (nSPS) is 9.75. The van der Waals surface area contributed by atoms with Gasteiger partial charge >= 0.3 is 0 Å². The van der Waals surface area contributed by atoms with Crippen LogP contribution in [0.1, 0.15) is 5.69 Å². The minimum absolute atomic E-state index is 0.442. The molecule has 0 N–H and O–H groups in total. The van der Waals surface area contributed by atoms with E-state index in [1.54, 1.807) is 6.07 Å². The van der Waals surface area contributed by atoms with E-state index >= 15 is 0 Å². The van der Waals surface area contributed by atoms with Crippen molar-refractivity contribution in [2.45, 2.75) is 9.92 Å². The van der Waals surface area contributed by atoms with Crippen LogP contribution in [0.4, 0.5) is 0 Å². The Labute approximate surface area is 106 Å². The van der Waals surface area contributed by atoms with Gasteiger partial charge in [0.2, 0.25) is 0 Å². The van der Waals surface area contributed by atoms with Crippen LogP contribution in [-0.2, 0) is 0 Å². The first kappa shape index (κ1) is 11.2. The predicted molar refractivity (Wildman–Crippen MR) is 67.2 cm³/mol. The second-order valence-corrected chi connectivity index (χ2v) is 4.92. The Morgan fingerprint density at radius 2 is 1.94 bits per heavy atom. The number of nitriles is 1. The van der Waals surface area contributed by atoms with Crippen molar-refractivity contribution in [1.82, 2.24) is 4.98 Å². The van der Waals surface area contributed by atoms with Crippen LogP contribution in [0.25, 0.3) is 0 Å². The maximum absolute atomic E-state index is 8.75. The third kappa shape index (κ3) is 2.63. The second-order valence-electron chi connectivity index (χ2n) is 3.01. The van der Waals surface area contributed by atoms with E-state index in [9.17, 15) is 0 Å². The lowest BCUT2D eigenvalue weighted by molar-refractivity contribution is 1.10. The van der Waals surface area contributed by atoms with Crippen LogP contribution in [0.5, 0.6) is 0 Å². The highest BCUT2D eigenvalue weighted by molar-refractivity contribution is 9.10. The molecule has 0 aliphatic carbocycles. The summed E-state index contributed by atoms with van der Waals surface area (Å²) < 4.78 is 1.03. The van der Waals surface area contributed by atoms with Crippen LogP contribution in [0.2, 0.25) is 0 Å². The second kappa shape index (κ2) is 5.15. The van der Waals surface area contributed by atoms with Gasteiger partial charge in [-0.2, -0.15) is 5.26 Å². The third-order valence-electron chi connectivity index (χ3n) is 1.89. The summed E-state index contributed by atoms with van der Waals surface area (Å²) in [4.78, 5) is 5.30. The van der Waals surface area contributed by atoms with Gasteiger partial charge in [-0.3, -0.25) is 0 Å². The number of hydrogen-bond acceptors (Lipinski definition) is 3. The zero-order valence-corrected chi connectivity index (χ0v) is 10.6. The molecule has 0 aliphatic heterocycles. The van der Waals surface area contributed by atoms with Gasteiger partial charge in [-0.05, 0) is 40.2 Å². The first-order chi connectivity index (χ1) is 7.79. The Morgan fingerprint density at radius 1 is 1.12 bits per heavy atom. The molecule has 0 saturated heterocycles. The Balaban J connectivity index is 2.28. The van der Waals surface area contributed by atoms with Crippen molar-refractivity contribution in [3.8, 4) is 6.07 Å². The Morgan fingerprint density at radius 3 is 2.69 bits per heavy atom. The molecule has 0 saturated carbocycles. The summed E-state index contributed by atoms with van der Waals surface area (Å²) >= 11 is 5.01. The zero-order valence-electron chi connectivity index (χ0n) is 8.22. The van der Waals surface area contributed by atoms with E-state index in [0.717, 1.165) is 14.4 Å². The van der Waals surface area contributed by atoms with E-state index in [0.29, 0.717) is 5.69 Å². The highest BCUT2D eigenvalue weighted by atomic mass is 79.9. The van der Waals surface area contributed by atoms with Gasteiger partial charge in [0.15, 0.2) is 0 Å². The first-order valence-electron chi connectivity index (χ1n) is 4.59.